The summed E-state index contributed by atoms with van der Waals surface area (Å²) < 4.78 is 14.2. The van der Waals surface area contributed by atoms with E-state index in [0.717, 1.165) is 15.8 Å². The topological polar surface area (TPSA) is 52.6 Å². The molecule has 0 saturated heterocycles. The summed E-state index contributed by atoms with van der Waals surface area (Å²) in [6, 6.07) is 9.92. The maximum Gasteiger partial charge on any atom is 0.323 e. The van der Waals surface area contributed by atoms with Crippen LogP contribution in [0.2, 0.25) is 5.02 Å². The van der Waals surface area contributed by atoms with E-state index in [1.165, 1.54) is 12.1 Å². The van der Waals surface area contributed by atoms with E-state index in [9.17, 15) is 9.18 Å². The highest BCUT2D eigenvalue weighted by Crippen LogP contribution is 2.42. The molecule has 0 aromatic heterocycles. The molecule has 2 aromatic rings. The van der Waals surface area contributed by atoms with Crippen LogP contribution in [0.5, 0.6) is 0 Å². The van der Waals surface area contributed by atoms with E-state index < -0.39 is 18.0 Å². The Bertz CT molecular complexity index is 756. The summed E-state index contributed by atoms with van der Waals surface area (Å²) in [5.74, 6) is -1.45. The quantitative estimate of drug-likeness (QED) is 0.829. The highest BCUT2D eigenvalue weighted by molar-refractivity contribution is 9.10. The highest BCUT2D eigenvalue weighted by atomic mass is 79.9. The van der Waals surface area contributed by atoms with Gasteiger partial charge in [0.1, 0.15) is 18.5 Å². The molecule has 1 heterocycles. The standard InChI is InChI=1S/C15H11BrClFN2O2/c16-9-2-4-13-12(6-9)19-15(20(13)7-14(21)22)8-1-3-11(18)10(17)5-8/h1-6,15,19H,7H2,(H,21,22). The summed E-state index contributed by atoms with van der Waals surface area (Å²) in [4.78, 5) is 12.9. The molecule has 0 spiro atoms. The van der Waals surface area contributed by atoms with Crippen LogP contribution in [0.4, 0.5) is 15.8 Å². The summed E-state index contributed by atoms with van der Waals surface area (Å²) in [6.07, 6.45) is -0.418. The SMILES string of the molecule is O=C(O)CN1c2ccc(Br)cc2NC1c1ccc(F)c(Cl)c1. The van der Waals surface area contributed by atoms with Gasteiger partial charge in [0.15, 0.2) is 0 Å². The number of carboxylic acid groups (broad SMARTS) is 1. The van der Waals surface area contributed by atoms with Gasteiger partial charge in [0.05, 0.1) is 16.4 Å². The van der Waals surface area contributed by atoms with Gasteiger partial charge in [-0.25, -0.2) is 4.39 Å². The maximum absolute atomic E-state index is 13.3. The fourth-order valence-electron chi connectivity index (χ4n) is 2.51. The van der Waals surface area contributed by atoms with Crippen LogP contribution < -0.4 is 10.2 Å². The van der Waals surface area contributed by atoms with Crippen LogP contribution in [0.1, 0.15) is 11.7 Å². The third-order valence-corrected chi connectivity index (χ3v) is 4.22. The number of benzene rings is 2. The minimum atomic E-state index is -0.948. The van der Waals surface area contributed by atoms with Gasteiger partial charge in [-0.1, -0.05) is 33.6 Å². The zero-order chi connectivity index (χ0) is 15.9. The second-order valence-electron chi connectivity index (χ2n) is 4.90. The van der Waals surface area contributed by atoms with Crippen molar-refractivity contribution in [1.29, 1.82) is 0 Å². The Balaban J connectivity index is 2.03. The molecule has 2 aromatic carbocycles. The van der Waals surface area contributed by atoms with Crippen LogP contribution in [0.15, 0.2) is 40.9 Å². The van der Waals surface area contributed by atoms with Gasteiger partial charge in [-0.05, 0) is 35.9 Å². The molecule has 3 rings (SSSR count). The van der Waals surface area contributed by atoms with Gasteiger partial charge in [0.25, 0.3) is 0 Å². The van der Waals surface area contributed by atoms with Gasteiger partial charge in [-0.2, -0.15) is 0 Å². The predicted octanol–water partition coefficient (Wildman–Crippen LogP) is 4.26. The number of nitrogens with one attached hydrogen (secondary N) is 1. The Hall–Kier alpha value is -1.79. The Morgan fingerprint density at radius 2 is 2.14 bits per heavy atom. The van der Waals surface area contributed by atoms with E-state index >= 15 is 0 Å². The molecule has 0 aliphatic carbocycles. The number of carbonyl (C=O) groups is 1. The number of hydrogen-bond donors (Lipinski definition) is 2. The van der Waals surface area contributed by atoms with Crippen molar-refractivity contribution >= 4 is 44.9 Å². The predicted molar refractivity (Wildman–Crippen MR) is 86.9 cm³/mol. The van der Waals surface area contributed by atoms with Crippen molar-refractivity contribution in [2.45, 2.75) is 6.17 Å². The van der Waals surface area contributed by atoms with Crippen molar-refractivity contribution in [3.05, 3.63) is 57.3 Å². The van der Waals surface area contributed by atoms with Crippen molar-refractivity contribution in [3.63, 3.8) is 0 Å². The minimum absolute atomic E-state index is 0.00621. The first kappa shape index (κ1) is 15.1. The molecule has 1 aliphatic heterocycles. The van der Waals surface area contributed by atoms with Gasteiger partial charge in [0, 0.05) is 4.47 Å². The fourth-order valence-corrected chi connectivity index (χ4v) is 3.06. The Morgan fingerprint density at radius 3 is 2.82 bits per heavy atom. The number of carboxylic acids is 1. The van der Waals surface area contributed by atoms with Gasteiger partial charge < -0.3 is 15.3 Å². The summed E-state index contributed by atoms with van der Waals surface area (Å²) in [5.41, 5.74) is 2.28. The first-order valence-corrected chi connectivity index (χ1v) is 7.62. The molecule has 114 valence electrons. The lowest BCUT2D eigenvalue weighted by Crippen LogP contribution is -2.33. The van der Waals surface area contributed by atoms with Gasteiger partial charge in [-0.3, -0.25) is 4.79 Å². The summed E-state index contributed by atoms with van der Waals surface area (Å²) in [7, 11) is 0. The maximum atomic E-state index is 13.3. The number of fused-ring (bicyclic) bond motifs is 1. The fraction of sp³-hybridized carbons (Fsp3) is 0.133. The van der Waals surface area contributed by atoms with Gasteiger partial charge in [0.2, 0.25) is 0 Å². The van der Waals surface area contributed by atoms with Crippen molar-refractivity contribution in [2.75, 3.05) is 16.8 Å². The molecule has 22 heavy (non-hydrogen) atoms. The average Bonchev–Trinajstić information content (AvgIpc) is 2.79. The van der Waals surface area contributed by atoms with E-state index in [2.05, 4.69) is 21.2 Å². The summed E-state index contributed by atoms with van der Waals surface area (Å²) in [6.45, 7) is -0.179. The monoisotopic (exact) mass is 384 g/mol. The number of halogens is 3. The molecule has 2 N–H and O–H groups in total. The normalized spacial score (nSPS) is 16.3. The highest BCUT2D eigenvalue weighted by Gasteiger charge is 2.31. The zero-order valence-corrected chi connectivity index (χ0v) is 13.5. The molecular formula is C15H11BrClFN2O2. The lowest BCUT2D eigenvalue weighted by atomic mass is 10.1. The lowest BCUT2D eigenvalue weighted by molar-refractivity contribution is -0.135. The first-order chi connectivity index (χ1) is 10.5. The van der Waals surface area contributed by atoms with E-state index in [0.29, 0.717) is 5.56 Å². The van der Waals surface area contributed by atoms with Crippen LogP contribution in [0.3, 0.4) is 0 Å². The van der Waals surface area contributed by atoms with Crippen LogP contribution in [0, 0.1) is 5.82 Å². The van der Waals surface area contributed by atoms with Crippen molar-refractivity contribution in [1.82, 2.24) is 0 Å². The van der Waals surface area contributed by atoms with E-state index in [1.54, 1.807) is 11.0 Å². The Morgan fingerprint density at radius 1 is 1.36 bits per heavy atom. The molecule has 0 fully saturated rings. The third kappa shape index (κ3) is 2.76. The number of hydrogen-bond acceptors (Lipinski definition) is 3. The number of nitrogens with zero attached hydrogens (tertiary/aromatic N) is 1. The largest absolute Gasteiger partial charge is 0.480 e. The number of anilines is 2. The molecule has 4 nitrogen and oxygen atoms in total. The number of rotatable bonds is 3. The van der Waals surface area contributed by atoms with Crippen molar-refractivity contribution < 1.29 is 14.3 Å². The third-order valence-electron chi connectivity index (χ3n) is 3.44. The molecule has 7 heteroatoms. The molecule has 0 amide bonds. The van der Waals surface area contributed by atoms with E-state index in [4.69, 9.17) is 16.7 Å². The molecular weight excluding hydrogens is 375 g/mol. The average molecular weight is 386 g/mol. The smallest absolute Gasteiger partial charge is 0.323 e. The molecule has 0 saturated carbocycles. The Labute approximate surface area is 139 Å². The molecule has 1 atom stereocenters. The zero-order valence-electron chi connectivity index (χ0n) is 11.2. The molecule has 1 aliphatic rings. The van der Waals surface area contributed by atoms with Crippen molar-refractivity contribution in [2.24, 2.45) is 0 Å². The Kier molecular flexibility index (Phi) is 3.97. The second-order valence-corrected chi connectivity index (χ2v) is 6.23. The van der Waals surface area contributed by atoms with E-state index in [-0.39, 0.29) is 11.6 Å². The van der Waals surface area contributed by atoms with Crippen LogP contribution in [-0.4, -0.2) is 17.6 Å². The first-order valence-electron chi connectivity index (χ1n) is 6.45. The van der Waals surface area contributed by atoms with Crippen LogP contribution in [0.25, 0.3) is 0 Å². The van der Waals surface area contributed by atoms with Gasteiger partial charge in [-0.15, -0.1) is 0 Å². The molecule has 0 radical (unpaired) electrons. The minimum Gasteiger partial charge on any atom is -0.480 e. The van der Waals surface area contributed by atoms with Crippen LogP contribution in [-0.2, 0) is 4.79 Å². The van der Waals surface area contributed by atoms with Gasteiger partial charge >= 0.3 is 5.97 Å². The summed E-state index contributed by atoms with van der Waals surface area (Å²) >= 11 is 9.22. The van der Waals surface area contributed by atoms with Crippen LogP contribution >= 0.6 is 27.5 Å². The lowest BCUT2D eigenvalue weighted by Gasteiger charge is -2.25. The number of aliphatic carboxylic acids is 1. The van der Waals surface area contributed by atoms with E-state index in [1.807, 2.05) is 18.2 Å². The molecule has 0 bridgehead atoms. The summed E-state index contributed by atoms with van der Waals surface area (Å²) in [5, 5.41) is 12.4. The second kappa shape index (κ2) is 5.78. The van der Waals surface area contributed by atoms with Crippen molar-refractivity contribution in [3.8, 4) is 0 Å². The molecule has 1 unspecified atom stereocenters.